The normalized spacial score (nSPS) is 48.2. The molecule has 0 spiro atoms. The van der Waals surface area contributed by atoms with Gasteiger partial charge in [-0.05, 0) is 50.4 Å². The van der Waals surface area contributed by atoms with Gasteiger partial charge in [-0.1, -0.05) is 6.42 Å². The van der Waals surface area contributed by atoms with Gasteiger partial charge in [0.2, 0.25) is 5.91 Å². The average molecular weight is 271 g/mol. The number of nitrogens with one attached hydrogen (secondary N) is 2. The Morgan fingerprint density at radius 2 is 1.61 bits per heavy atom. The number of amides is 1. The van der Waals surface area contributed by atoms with Crippen molar-refractivity contribution in [2.45, 2.75) is 63.1 Å². The van der Waals surface area contributed by atoms with Crippen LogP contribution in [0.4, 0.5) is 0 Å². The first-order valence-electron chi connectivity index (χ1n) is 7.37. The van der Waals surface area contributed by atoms with Crippen molar-refractivity contribution in [3.8, 4) is 0 Å². The zero-order valence-electron chi connectivity index (χ0n) is 10.7. The number of piperidine rings is 1. The molecule has 4 heteroatoms. The van der Waals surface area contributed by atoms with Gasteiger partial charge >= 0.3 is 0 Å². The highest BCUT2D eigenvalue weighted by Gasteiger charge is 2.56. The monoisotopic (exact) mass is 270 g/mol. The van der Waals surface area contributed by atoms with Crippen LogP contribution >= 0.6 is 12.4 Å². The van der Waals surface area contributed by atoms with Gasteiger partial charge in [0.1, 0.15) is 0 Å². The predicted molar refractivity (Wildman–Crippen MR) is 72.7 cm³/mol. The third kappa shape index (κ3) is 2.05. The van der Waals surface area contributed by atoms with Gasteiger partial charge in [-0.25, -0.2) is 0 Å². The molecular formula is C14H23ClN2O. The van der Waals surface area contributed by atoms with Crippen LogP contribution in [-0.2, 0) is 4.79 Å². The Balaban J connectivity index is 0.000001000. The molecule has 4 unspecified atom stereocenters. The minimum atomic E-state index is 0. The van der Waals surface area contributed by atoms with Crippen LogP contribution in [0.5, 0.6) is 0 Å². The van der Waals surface area contributed by atoms with Gasteiger partial charge in [0.25, 0.3) is 0 Å². The van der Waals surface area contributed by atoms with E-state index >= 15 is 0 Å². The molecule has 0 aromatic carbocycles. The van der Waals surface area contributed by atoms with Gasteiger partial charge in [-0.2, -0.15) is 0 Å². The number of carbonyl (C=O) groups is 1. The van der Waals surface area contributed by atoms with E-state index in [1.165, 1.54) is 32.1 Å². The lowest BCUT2D eigenvalue weighted by molar-refractivity contribution is -0.124. The van der Waals surface area contributed by atoms with Crippen molar-refractivity contribution in [3.05, 3.63) is 0 Å². The van der Waals surface area contributed by atoms with Crippen LogP contribution in [0.3, 0.4) is 0 Å². The van der Waals surface area contributed by atoms with E-state index < -0.39 is 0 Å². The lowest BCUT2D eigenvalue weighted by Gasteiger charge is -2.29. The second kappa shape index (κ2) is 4.68. The largest absolute Gasteiger partial charge is 0.353 e. The Morgan fingerprint density at radius 3 is 2.22 bits per heavy atom. The molecule has 0 radical (unpaired) electrons. The van der Waals surface area contributed by atoms with Gasteiger partial charge in [-0.3, -0.25) is 4.79 Å². The molecule has 2 saturated carbocycles. The number of halogens is 1. The summed E-state index contributed by atoms with van der Waals surface area (Å²) in [7, 11) is 0. The van der Waals surface area contributed by atoms with E-state index in [1.807, 2.05) is 0 Å². The van der Waals surface area contributed by atoms with Crippen molar-refractivity contribution in [1.82, 2.24) is 10.6 Å². The summed E-state index contributed by atoms with van der Waals surface area (Å²) in [4.78, 5) is 12.2. The molecule has 4 rings (SSSR count). The molecule has 2 saturated heterocycles. The summed E-state index contributed by atoms with van der Waals surface area (Å²) in [6, 6.07) is 1.82. The van der Waals surface area contributed by atoms with E-state index in [0.29, 0.717) is 30.0 Å². The molecule has 4 atom stereocenters. The highest BCUT2D eigenvalue weighted by molar-refractivity contribution is 5.85. The predicted octanol–water partition coefficient (Wildman–Crippen LogP) is 1.85. The van der Waals surface area contributed by atoms with Crippen molar-refractivity contribution in [1.29, 1.82) is 0 Å². The van der Waals surface area contributed by atoms with Crippen LogP contribution in [-0.4, -0.2) is 24.0 Å². The zero-order chi connectivity index (χ0) is 11.4. The molecule has 0 aromatic rings. The van der Waals surface area contributed by atoms with Crippen LogP contribution in [0.1, 0.15) is 44.9 Å². The zero-order valence-corrected chi connectivity index (χ0v) is 11.5. The minimum Gasteiger partial charge on any atom is -0.353 e. The number of rotatable bonds is 2. The fraction of sp³-hybridized carbons (Fsp3) is 0.929. The summed E-state index contributed by atoms with van der Waals surface area (Å²) in [5.74, 6) is 2.30. The topological polar surface area (TPSA) is 41.1 Å². The Bertz CT molecular complexity index is 327. The van der Waals surface area contributed by atoms with Crippen LogP contribution in [0, 0.1) is 17.8 Å². The molecular weight excluding hydrogens is 248 g/mol. The van der Waals surface area contributed by atoms with Crippen molar-refractivity contribution in [3.63, 3.8) is 0 Å². The van der Waals surface area contributed by atoms with Crippen molar-refractivity contribution < 1.29 is 4.79 Å². The third-order valence-corrected chi connectivity index (χ3v) is 5.53. The maximum absolute atomic E-state index is 12.2. The van der Waals surface area contributed by atoms with E-state index in [1.54, 1.807) is 0 Å². The van der Waals surface area contributed by atoms with Gasteiger partial charge in [0.15, 0.2) is 0 Å². The molecule has 3 nitrogen and oxygen atoms in total. The third-order valence-electron chi connectivity index (χ3n) is 5.53. The Labute approximate surface area is 115 Å². The standard InChI is InChI=1S/C14H22N2O.ClH/c17-14(13-11-2-1-3-12(11)13)16-10-6-8-4-5-9(7-10)15-8;/h8-13,15H,1-7H2,(H,16,17);1H. The molecule has 4 fully saturated rings. The first kappa shape index (κ1) is 12.7. The van der Waals surface area contributed by atoms with Crippen LogP contribution in [0.25, 0.3) is 0 Å². The molecule has 2 bridgehead atoms. The number of carbonyl (C=O) groups excluding carboxylic acids is 1. The Morgan fingerprint density at radius 1 is 1.00 bits per heavy atom. The van der Waals surface area contributed by atoms with E-state index in [0.717, 1.165) is 24.7 Å². The lowest BCUT2D eigenvalue weighted by atomic mass is 9.99. The van der Waals surface area contributed by atoms with E-state index in [2.05, 4.69) is 10.6 Å². The minimum absolute atomic E-state index is 0. The summed E-state index contributed by atoms with van der Waals surface area (Å²) < 4.78 is 0. The number of fused-ring (bicyclic) bond motifs is 3. The molecule has 1 amide bonds. The maximum atomic E-state index is 12.2. The molecule has 2 aliphatic heterocycles. The molecule has 2 aliphatic carbocycles. The van der Waals surface area contributed by atoms with E-state index in [-0.39, 0.29) is 12.4 Å². The fourth-order valence-electron chi connectivity index (χ4n) is 4.68. The SMILES string of the molecule is Cl.O=C(NC1CC2CCC(C1)N2)C1C2CCCC21. The lowest BCUT2D eigenvalue weighted by Crippen LogP contribution is -2.48. The van der Waals surface area contributed by atoms with Crippen molar-refractivity contribution >= 4 is 18.3 Å². The smallest absolute Gasteiger partial charge is 0.223 e. The van der Waals surface area contributed by atoms with Gasteiger partial charge in [-0.15, -0.1) is 12.4 Å². The first-order chi connectivity index (χ1) is 8.31. The van der Waals surface area contributed by atoms with Crippen LogP contribution in [0.15, 0.2) is 0 Å². The summed E-state index contributed by atoms with van der Waals surface area (Å²) in [5, 5.41) is 6.96. The Hall–Kier alpha value is -0.280. The van der Waals surface area contributed by atoms with Gasteiger partial charge < -0.3 is 10.6 Å². The van der Waals surface area contributed by atoms with Gasteiger partial charge in [0, 0.05) is 24.0 Å². The second-order valence-corrected chi connectivity index (χ2v) is 6.60. The summed E-state index contributed by atoms with van der Waals surface area (Å²) in [6.07, 6.45) is 8.91. The Kier molecular flexibility index (Phi) is 3.31. The van der Waals surface area contributed by atoms with Crippen molar-refractivity contribution in [2.24, 2.45) is 17.8 Å². The van der Waals surface area contributed by atoms with Gasteiger partial charge in [0.05, 0.1) is 0 Å². The average Bonchev–Trinajstić information content (AvgIpc) is 2.66. The van der Waals surface area contributed by atoms with Crippen LogP contribution < -0.4 is 10.6 Å². The van der Waals surface area contributed by atoms with E-state index in [9.17, 15) is 4.79 Å². The quantitative estimate of drug-likeness (QED) is 0.804. The number of hydrogen-bond donors (Lipinski definition) is 2. The maximum Gasteiger partial charge on any atom is 0.223 e. The van der Waals surface area contributed by atoms with E-state index in [4.69, 9.17) is 0 Å². The summed E-state index contributed by atoms with van der Waals surface area (Å²) in [5.41, 5.74) is 0. The fourth-order valence-corrected chi connectivity index (χ4v) is 4.68. The highest BCUT2D eigenvalue weighted by Crippen LogP contribution is 2.57. The first-order valence-corrected chi connectivity index (χ1v) is 7.37. The summed E-state index contributed by atoms with van der Waals surface area (Å²) in [6.45, 7) is 0. The van der Waals surface area contributed by atoms with Crippen LogP contribution in [0.2, 0.25) is 0 Å². The van der Waals surface area contributed by atoms with Crippen molar-refractivity contribution in [2.75, 3.05) is 0 Å². The molecule has 2 N–H and O–H groups in total. The molecule has 0 aromatic heterocycles. The molecule has 18 heavy (non-hydrogen) atoms. The number of hydrogen-bond acceptors (Lipinski definition) is 2. The molecule has 102 valence electrons. The molecule has 2 heterocycles. The molecule has 4 aliphatic rings. The second-order valence-electron chi connectivity index (χ2n) is 6.60. The highest BCUT2D eigenvalue weighted by atomic mass is 35.5. The summed E-state index contributed by atoms with van der Waals surface area (Å²) >= 11 is 0.